The Morgan fingerprint density at radius 1 is 1.07 bits per heavy atom. The zero-order valence-corrected chi connectivity index (χ0v) is 16.5. The summed E-state index contributed by atoms with van der Waals surface area (Å²) < 4.78 is 23.6. The van der Waals surface area contributed by atoms with E-state index in [1.807, 2.05) is 43.5 Å². The van der Waals surface area contributed by atoms with E-state index in [0.29, 0.717) is 13.2 Å². The normalized spacial score (nSPS) is 22.5. The lowest BCUT2D eigenvalue weighted by Gasteiger charge is -2.21. The van der Waals surface area contributed by atoms with Gasteiger partial charge in [0.1, 0.15) is 47.1 Å². The molecule has 2 aromatic heterocycles. The molecule has 0 amide bonds. The van der Waals surface area contributed by atoms with Gasteiger partial charge in [-0.25, -0.2) is 9.97 Å². The van der Waals surface area contributed by atoms with Crippen molar-refractivity contribution in [1.29, 1.82) is 0 Å². The highest BCUT2D eigenvalue weighted by Crippen LogP contribution is 2.30. The van der Waals surface area contributed by atoms with Gasteiger partial charge in [-0.3, -0.25) is 0 Å². The maximum Gasteiger partial charge on any atom is 0.145 e. The van der Waals surface area contributed by atoms with Gasteiger partial charge in [-0.15, -0.1) is 0 Å². The molecule has 29 heavy (non-hydrogen) atoms. The molecule has 5 rings (SSSR count). The van der Waals surface area contributed by atoms with Crippen LogP contribution in [-0.4, -0.2) is 66.7 Å². The van der Waals surface area contributed by atoms with Crippen LogP contribution >= 0.6 is 0 Å². The lowest BCUT2D eigenvalue weighted by molar-refractivity contribution is -0.00461. The average Bonchev–Trinajstić information content (AvgIpc) is 3.32. The second kappa shape index (κ2) is 7.53. The zero-order chi connectivity index (χ0) is 19.8. The number of rotatable bonds is 4. The van der Waals surface area contributed by atoms with E-state index in [4.69, 9.17) is 18.9 Å². The average molecular weight is 396 g/mol. The van der Waals surface area contributed by atoms with E-state index < -0.39 is 0 Å². The van der Waals surface area contributed by atoms with Crippen molar-refractivity contribution in [2.45, 2.75) is 25.2 Å². The van der Waals surface area contributed by atoms with Crippen molar-refractivity contribution in [3.8, 4) is 11.5 Å². The Kier molecular flexibility index (Phi) is 4.73. The quantitative estimate of drug-likeness (QED) is 0.725. The van der Waals surface area contributed by atoms with Crippen LogP contribution in [0.2, 0.25) is 0 Å². The number of hydrogen-bond acceptors (Lipinski definition) is 7. The fraction of sp³-hybridized carbons (Fsp3) is 0.429. The van der Waals surface area contributed by atoms with Gasteiger partial charge in [0.15, 0.2) is 0 Å². The monoisotopic (exact) mass is 396 g/mol. The number of fused-ring (bicyclic) bond motifs is 2. The number of H-pyrrole nitrogens is 1. The summed E-state index contributed by atoms with van der Waals surface area (Å²) in [5.41, 5.74) is 0.855. The summed E-state index contributed by atoms with van der Waals surface area (Å²) in [6.07, 6.45) is 1.71. The van der Waals surface area contributed by atoms with Crippen molar-refractivity contribution in [3.05, 3.63) is 42.4 Å². The first kappa shape index (κ1) is 18.2. The van der Waals surface area contributed by atoms with Crippen LogP contribution in [-0.2, 0) is 9.47 Å². The first-order chi connectivity index (χ1) is 14.2. The Morgan fingerprint density at radius 2 is 1.83 bits per heavy atom. The van der Waals surface area contributed by atoms with Crippen LogP contribution < -0.4 is 14.4 Å². The van der Waals surface area contributed by atoms with Crippen molar-refractivity contribution in [2.75, 3.05) is 38.3 Å². The Balaban J connectivity index is 1.26. The molecule has 2 aliphatic rings. The van der Waals surface area contributed by atoms with Crippen molar-refractivity contribution in [3.63, 3.8) is 0 Å². The molecular weight excluding hydrogens is 372 g/mol. The molecule has 2 fully saturated rings. The summed E-state index contributed by atoms with van der Waals surface area (Å²) in [6.45, 7) is 4.33. The van der Waals surface area contributed by atoms with E-state index in [-0.39, 0.29) is 18.3 Å². The summed E-state index contributed by atoms with van der Waals surface area (Å²) >= 11 is 0. The van der Waals surface area contributed by atoms with Crippen molar-refractivity contribution in [2.24, 2.45) is 0 Å². The van der Waals surface area contributed by atoms with Crippen molar-refractivity contribution < 1.29 is 18.9 Å². The largest absolute Gasteiger partial charge is 0.497 e. The fourth-order valence-corrected chi connectivity index (χ4v) is 3.96. The van der Waals surface area contributed by atoms with E-state index in [0.717, 1.165) is 47.3 Å². The molecular formula is C21H24N4O4. The molecule has 4 heterocycles. The minimum absolute atomic E-state index is 0.0156. The number of ether oxygens (including phenoxy) is 4. The van der Waals surface area contributed by atoms with Crippen molar-refractivity contribution in [1.82, 2.24) is 15.0 Å². The van der Waals surface area contributed by atoms with Gasteiger partial charge >= 0.3 is 0 Å². The summed E-state index contributed by atoms with van der Waals surface area (Å²) in [5, 5.41) is 1.02. The maximum atomic E-state index is 6.17. The molecule has 152 valence electrons. The number of hydrogen-bond donors (Lipinski definition) is 1. The Hall–Kier alpha value is -2.84. The van der Waals surface area contributed by atoms with Crippen LogP contribution in [0.3, 0.4) is 0 Å². The number of aromatic nitrogens is 3. The molecule has 0 bridgehead atoms. The van der Waals surface area contributed by atoms with Crippen LogP contribution in [0.4, 0.5) is 5.82 Å². The van der Waals surface area contributed by atoms with E-state index in [1.165, 1.54) is 0 Å². The Labute approximate surface area is 168 Å². The third-order valence-corrected chi connectivity index (χ3v) is 5.36. The lowest BCUT2D eigenvalue weighted by atomic mass is 10.3. The molecule has 1 N–H and O–H groups in total. The van der Waals surface area contributed by atoms with Gasteiger partial charge < -0.3 is 28.8 Å². The molecule has 0 unspecified atom stereocenters. The fourth-order valence-electron chi connectivity index (χ4n) is 3.96. The second-order valence-corrected chi connectivity index (χ2v) is 7.40. The van der Waals surface area contributed by atoms with Crippen LogP contribution in [0.1, 0.15) is 5.82 Å². The first-order valence-electron chi connectivity index (χ1n) is 9.80. The standard InChI is InChI=1S/C21H24N4O4/c1-13-23-20-17(6-7-22-20)21(24-13)25-9-18-19(10-25)28-12-16(11-27-18)29-15-5-3-4-14(8-15)26-2/h3-8,16,18-19H,9-12H2,1-2H3,(H,22,23,24)/t18-,19-/m0/s1. The number of aryl methyl sites for hydroxylation is 1. The molecule has 0 saturated carbocycles. The highest BCUT2D eigenvalue weighted by atomic mass is 16.6. The number of anilines is 1. The molecule has 8 heteroatoms. The number of benzene rings is 1. The molecule has 0 radical (unpaired) electrons. The van der Waals surface area contributed by atoms with Gasteiger partial charge in [0.25, 0.3) is 0 Å². The van der Waals surface area contributed by atoms with Crippen LogP contribution in [0, 0.1) is 6.92 Å². The molecule has 0 aliphatic carbocycles. The van der Waals surface area contributed by atoms with Gasteiger partial charge in [0, 0.05) is 25.4 Å². The number of methoxy groups -OCH3 is 1. The molecule has 2 atom stereocenters. The minimum Gasteiger partial charge on any atom is -0.497 e. The molecule has 2 aliphatic heterocycles. The highest BCUT2D eigenvalue weighted by Gasteiger charge is 2.39. The van der Waals surface area contributed by atoms with Gasteiger partial charge in [-0.2, -0.15) is 0 Å². The minimum atomic E-state index is -0.154. The summed E-state index contributed by atoms with van der Waals surface area (Å²) in [7, 11) is 1.64. The van der Waals surface area contributed by atoms with E-state index in [9.17, 15) is 0 Å². The highest BCUT2D eigenvalue weighted by molar-refractivity contribution is 5.87. The number of aromatic amines is 1. The molecule has 3 aromatic rings. The molecule has 2 saturated heterocycles. The molecule has 0 spiro atoms. The summed E-state index contributed by atoms with van der Waals surface area (Å²) in [4.78, 5) is 14.5. The topological polar surface area (TPSA) is 81.7 Å². The zero-order valence-electron chi connectivity index (χ0n) is 16.5. The van der Waals surface area contributed by atoms with Gasteiger partial charge in [-0.1, -0.05) is 6.07 Å². The van der Waals surface area contributed by atoms with Gasteiger partial charge in [0.05, 0.1) is 25.7 Å². The van der Waals surface area contributed by atoms with Crippen LogP contribution in [0.25, 0.3) is 11.0 Å². The summed E-state index contributed by atoms with van der Waals surface area (Å²) in [5.74, 6) is 3.19. The molecule has 8 nitrogen and oxygen atoms in total. The lowest BCUT2D eigenvalue weighted by Crippen LogP contribution is -2.30. The third-order valence-electron chi connectivity index (χ3n) is 5.36. The third kappa shape index (κ3) is 3.61. The number of nitrogens with zero attached hydrogens (tertiary/aromatic N) is 3. The van der Waals surface area contributed by atoms with Gasteiger partial charge in [0.2, 0.25) is 0 Å². The Morgan fingerprint density at radius 3 is 2.59 bits per heavy atom. The second-order valence-electron chi connectivity index (χ2n) is 7.40. The van der Waals surface area contributed by atoms with E-state index in [2.05, 4.69) is 19.9 Å². The SMILES string of the molecule is COc1cccc(OC2CO[C@H]3CN(c4nc(C)nc5[nH]ccc45)C[C@@H]3OC2)c1. The van der Waals surface area contributed by atoms with Crippen molar-refractivity contribution >= 4 is 16.9 Å². The van der Waals surface area contributed by atoms with Gasteiger partial charge in [-0.05, 0) is 25.1 Å². The van der Waals surface area contributed by atoms with Crippen LogP contribution in [0.5, 0.6) is 11.5 Å². The Bertz CT molecular complexity index is 991. The van der Waals surface area contributed by atoms with E-state index in [1.54, 1.807) is 7.11 Å². The molecule has 1 aromatic carbocycles. The summed E-state index contributed by atoms with van der Waals surface area (Å²) in [6, 6.07) is 9.59. The first-order valence-corrected chi connectivity index (χ1v) is 9.80. The smallest absolute Gasteiger partial charge is 0.145 e. The number of nitrogens with one attached hydrogen (secondary N) is 1. The predicted molar refractivity (Wildman–Crippen MR) is 108 cm³/mol. The van der Waals surface area contributed by atoms with Crippen LogP contribution in [0.15, 0.2) is 36.5 Å². The van der Waals surface area contributed by atoms with E-state index >= 15 is 0 Å². The maximum absolute atomic E-state index is 6.17. The predicted octanol–water partition coefficient (Wildman–Crippen LogP) is 2.33.